The molecule has 94 valence electrons. The van der Waals surface area contributed by atoms with Crippen molar-refractivity contribution in [3.63, 3.8) is 0 Å². The second kappa shape index (κ2) is 7.90. The predicted molar refractivity (Wildman–Crippen MR) is 76.9 cm³/mol. The molecular weight excluding hydrogens is 300 g/mol. The summed E-state index contributed by atoms with van der Waals surface area (Å²) in [5, 5.41) is 0.00744. The first-order valence-corrected chi connectivity index (χ1v) is 7.39. The summed E-state index contributed by atoms with van der Waals surface area (Å²) in [6.45, 7) is 2.72. The van der Waals surface area contributed by atoms with Gasteiger partial charge in [-0.05, 0) is 31.2 Å². The first-order valence-electron chi connectivity index (χ1n) is 5.55. The Labute approximate surface area is 115 Å². The summed E-state index contributed by atoms with van der Waals surface area (Å²) in [6, 6.07) is 7.52. The van der Waals surface area contributed by atoms with Gasteiger partial charge in [-0.3, -0.25) is 4.79 Å². The first kappa shape index (κ1) is 14.7. The molecular formula is C13H17BrO2S. The molecule has 0 aliphatic carbocycles. The Bertz CT molecular complexity index is 351. The maximum absolute atomic E-state index is 12.1. The minimum atomic E-state index is 0.00744. The van der Waals surface area contributed by atoms with E-state index in [1.54, 1.807) is 18.9 Å². The summed E-state index contributed by atoms with van der Waals surface area (Å²) < 4.78 is 5.97. The van der Waals surface area contributed by atoms with Crippen LogP contribution >= 0.6 is 27.7 Å². The molecule has 0 heterocycles. The van der Waals surface area contributed by atoms with Crippen molar-refractivity contribution >= 4 is 33.5 Å². The fourth-order valence-electron chi connectivity index (χ4n) is 1.39. The molecule has 0 fully saturated rings. The van der Waals surface area contributed by atoms with E-state index in [0.29, 0.717) is 0 Å². The number of carbonyl (C=O) groups is 1. The number of rotatable bonds is 7. The highest BCUT2D eigenvalue weighted by Crippen LogP contribution is 2.18. The third-order valence-corrected chi connectivity index (χ3v) is 4.13. The van der Waals surface area contributed by atoms with Crippen molar-refractivity contribution in [3.05, 3.63) is 34.3 Å². The minimum absolute atomic E-state index is 0.00744. The van der Waals surface area contributed by atoms with Gasteiger partial charge in [-0.2, -0.15) is 11.8 Å². The van der Waals surface area contributed by atoms with Crippen LogP contribution in [-0.2, 0) is 4.74 Å². The van der Waals surface area contributed by atoms with Crippen molar-refractivity contribution in [3.8, 4) is 0 Å². The van der Waals surface area contributed by atoms with E-state index in [4.69, 9.17) is 4.74 Å². The van der Waals surface area contributed by atoms with Crippen LogP contribution in [0, 0.1) is 0 Å². The highest BCUT2D eigenvalue weighted by atomic mass is 79.9. The fraction of sp³-hybridized carbons (Fsp3) is 0.462. The quantitative estimate of drug-likeness (QED) is 0.565. The van der Waals surface area contributed by atoms with Gasteiger partial charge in [-0.1, -0.05) is 28.1 Å². The van der Waals surface area contributed by atoms with Crippen molar-refractivity contribution in [1.82, 2.24) is 0 Å². The van der Waals surface area contributed by atoms with Crippen molar-refractivity contribution in [2.24, 2.45) is 0 Å². The molecule has 1 atom stereocenters. The zero-order chi connectivity index (χ0) is 12.7. The van der Waals surface area contributed by atoms with Crippen LogP contribution in [0.25, 0.3) is 0 Å². The topological polar surface area (TPSA) is 26.3 Å². The third kappa shape index (κ3) is 5.23. The Morgan fingerprint density at radius 2 is 2.06 bits per heavy atom. The average molecular weight is 317 g/mol. The molecule has 0 aliphatic heterocycles. The van der Waals surface area contributed by atoms with Crippen LogP contribution in [-0.4, -0.2) is 30.5 Å². The molecule has 0 aromatic heterocycles. The van der Waals surface area contributed by atoms with Crippen molar-refractivity contribution in [2.75, 3.05) is 19.5 Å². The number of methoxy groups -OCH3 is 1. The molecule has 1 aromatic rings. The van der Waals surface area contributed by atoms with Crippen LogP contribution in [0.5, 0.6) is 0 Å². The van der Waals surface area contributed by atoms with Gasteiger partial charge >= 0.3 is 0 Å². The smallest absolute Gasteiger partial charge is 0.175 e. The summed E-state index contributed by atoms with van der Waals surface area (Å²) in [4.78, 5) is 12.1. The van der Waals surface area contributed by atoms with Gasteiger partial charge in [0.15, 0.2) is 5.78 Å². The van der Waals surface area contributed by atoms with E-state index in [-0.39, 0.29) is 11.0 Å². The lowest BCUT2D eigenvalue weighted by Gasteiger charge is -2.10. The van der Waals surface area contributed by atoms with E-state index in [9.17, 15) is 4.79 Å². The van der Waals surface area contributed by atoms with Gasteiger partial charge in [0.25, 0.3) is 0 Å². The standard InChI is InChI=1S/C13H17BrO2S/c1-10(17-9-3-8-16-2)13(15)11-4-6-12(14)7-5-11/h4-7,10H,3,8-9H2,1-2H3. The van der Waals surface area contributed by atoms with Gasteiger partial charge in [0.05, 0.1) is 5.25 Å². The second-order valence-corrected chi connectivity index (χ2v) is 6.09. The molecule has 0 bridgehead atoms. The molecule has 0 aliphatic rings. The molecule has 0 saturated heterocycles. The molecule has 0 radical (unpaired) electrons. The Hall–Kier alpha value is -0.320. The van der Waals surface area contributed by atoms with E-state index in [0.717, 1.165) is 28.8 Å². The summed E-state index contributed by atoms with van der Waals surface area (Å²) >= 11 is 5.04. The molecule has 0 spiro atoms. The number of benzene rings is 1. The minimum Gasteiger partial charge on any atom is -0.385 e. The van der Waals surface area contributed by atoms with E-state index in [1.807, 2.05) is 31.2 Å². The summed E-state index contributed by atoms with van der Waals surface area (Å²) in [6.07, 6.45) is 0.985. The van der Waals surface area contributed by atoms with Crippen LogP contribution in [0.1, 0.15) is 23.7 Å². The van der Waals surface area contributed by atoms with Gasteiger partial charge in [0.1, 0.15) is 0 Å². The maximum atomic E-state index is 12.1. The summed E-state index contributed by atoms with van der Waals surface area (Å²) in [7, 11) is 1.70. The number of ether oxygens (including phenoxy) is 1. The highest BCUT2D eigenvalue weighted by Gasteiger charge is 2.14. The van der Waals surface area contributed by atoms with Crippen LogP contribution in [0.2, 0.25) is 0 Å². The van der Waals surface area contributed by atoms with Crippen LogP contribution < -0.4 is 0 Å². The largest absolute Gasteiger partial charge is 0.385 e. The molecule has 0 N–H and O–H groups in total. The van der Waals surface area contributed by atoms with E-state index < -0.39 is 0 Å². The number of hydrogen-bond acceptors (Lipinski definition) is 3. The highest BCUT2D eigenvalue weighted by molar-refractivity contribution is 9.10. The van der Waals surface area contributed by atoms with E-state index in [1.165, 1.54) is 0 Å². The molecule has 17 heavy (non-hydrogen) atoms. The third-order valence-electron chi connectivity index (χ3n) is 2.36. The molecule has 1 rings (SSSR count). The van der Waals surface area contributed by atoms with Gasteiger partial charge in [0.2, 0.25) is 0 Å². The van der Waals surface area contributed by atoms with Crippen LogP contribution in [0.4, 0.5) is 0 Å². The Kier molecular flexibility index (Phi) is 6.85. The average Bonchev–Trinajstić information content (AvgIpc) is 2.34. The number of Topliss-reactive ketones (excluding diaryl/α,β-unsaturated/α-hetero) is 1. The molecule has 0 amide bonds. The van der Waals surface area contributed by atoms with Gasteiger partial charge in [0, 0.05) is 23.8 Å². The molecule has 2 nitrogen and oxygen atoms in total. The number of halogens is 1. The van der Waals surface area contributed by atoms with Gasteiger partial charge in [-0.25, -0.2) is 0 Å². The Morgan fingerprint density at radius 1 is 1.41 bits per heavy atom. The van der Waals surface area contributed by atoms with Crippen LogP contribution in [0.15, 0.2) is 28.7 Å². The summed E-state index contributed by atoms with van der Waals surface area (Å²) in [5.74, 6) is 1.15. The number of ketones is 1. The maximum Gasteiger partial charge on any atom is 0.175 e. The second-order valence-electron chi connectivity index (χ2n) is 3.73. The first-order chi connectivity index (χ1) is 8.15. The molecule has 1 aromatic carbocycles. The predicted octanol–water partition coefficient (Wildman–Crippen LogP) is 3.79. The SMILES string of the molecule is COCCCSC(C)C(=O)c1ccc(Br)cc1. The van der Waals surface area contributed by atoms with Gasteiger partial charge in [-0.15, -0.1) is 0 Å². The monoisotopic (exact) mass is 316 g/mol. The lowest BCUT2D eigenvalue weighted by atomic mass is 10.1. The van der Waals surface area contributed by atoms with Crippen molar-refractivity contribution in [2.45, 2.75) is 18.6 Å². The zero-order valence-corrected chi connectivity index (χ0v) is 12.5. The fourth-order valence-corrected chi connectivity index (χ4v) is 2.58. The summed E-state index contributed by atoms with van der Waals surface area (Å²) in [5.41, 5.74) is 0.778. The Morgan fingerprint density at radius 3 is 2.65 bits per heavy atom. The van der Waals surface area contributed by atoms with E-state index in [2.05, 4.69) is 15.9 Å². The molecule has 4 heteroatoms. The van der Waals surface area contributed by atoms with E-state index >= 15 is 0 Å². The lowest BCUT2D eigenvalue weighted by molar-refractivity contribution is 0.0994. The van der Waals surface area contributed by atoms with Gasteiger partial charge < -0.3 is 4.74 Å². The Balaban J connectivity index is 2.43. The number of hydrogen-bond donors (Lipinski definition) is 0. The zero-order valence-electron chi connectivity index (χ0n) is 10.1. The normalized spacial score (nSPS) is 12.4. The van der Waals surface area contributed by atoms with Crippen LogP contribution in [0.3, 0.4) is 0 Å². The lowest BCUT2D eigenvalue weighted by Crippen LogP contribution is -2.14. The molecule has 0 saturated carbocycles. The number of thioether (sulfide) groups is 1. The molecule has 1 unspecified atom stereocenters. The van der Waals surface area contributed by atoms with Crippen molar-refractivity contribution < 1.29 is 9.53 Å². The number of carbonyl (C=O) groups excluding carboxylic acids is 1. The van der Waals surface area contributed by atoms with Crippen molar-refractivity contribution in [1.29, 1.82) is 0 Å².